The lowest BCUT2D eigenvalue weighted by Crippen LogP contribution is -2.46. The molecule has 1 aromatic rings. The number of anilines is 1. The molecule has 7 heteroatoms. The van der Waals surface area contributed by atoms with E-state index >= 15 is 0 Å². The van der Waals surface area contributed by atoms with Gasteiger partial charge in [-0.3, -0.25) is 19.5 Å². The first-order valence-electron chi connectivity index (χ1n) is 10.6. The lowest BCUT2D eigenvalue weighted by atomic mass is 9.97. The minimum absolute atomic E-state index is 0.0169. The predicted molar refractivity (Wildman–Crippen MR) is 105 cm³/mol. The van der Waals surface area contributed by atoms with Crippen LogP contribution in [0.25, 0.3) is 0 Å². The maximum atomic E-state index is 12.3. The SMILES string of the molecule is O=C(CN1CCC(Nc2nc3c(c(=O)[nH]2)CCCC3)CC1)NC1CCCC1. The molecule has 1 aromatic heterocycles. The van der Waals surface area contributed by atoms with E-state index in [9.17, 15) is 9.59 Å². The number of aromatic nitrogens is 2. The molecule has 0 aromatic carbocycles. The summed E-state index contributed by atoms with van der Waals surface area (Å²) in [5, 5.41) is 6.58. The van der Waals surface area contributed by atoms with Crippen LogP contribution in [0.3, 0.4) is 0 Å². The van der Waals surface area contributed by atoms with Crippen LogP contribution in [0.1, 0.15) is 62.6 Å². The summed E-state index contributed by atoms with van der Waals surface area (Å²) in [5.41, 5.74) is 1.85. The number of nitrogens with zero attached hydrogens (tertiary/aromatic N) is 2. The third-order valence-electron chi connectivity index (χ3n) is 6.21. The zero-order valence-corrected chi connectivity index (χ0v) is 16.1. The van der Waals surface area contributed by atoms with Crippen molar-refractivity contribution in [2.45, 2.75) is 76.3 Å². The number of likely N-dealkylation sites (tertiary alicyclic amines) is 1. The van der Waals surface area contributed by atoms with Crippen LogP contribution in [-0.2, 0) is 17.6 Å². The van der Waals surface area contributed by atoms with E-state index in [4.69, 9.17) is 0 Å². The lowest BCUT2D eigenvalue weighted by molar-refractivity contribution is -0.123. The van der Waals surface area contributed by atoms with Crippen LogP contribution in [0.5, 0.6) is 0 Å². The molecule has 0 unspecified atom stereocenters. The van der Waals surface area contributed by atoms with Crippen molar-refractivity contribution in [3.05, 3.63) is 21.6 Å². The average molecular weight is 374 g/mol. The average Bonchev–Trinajstić information content (AvgIpc) is 3.16. The molecule has 1 aliphatic heterocycles. The number of H-pyrrole nitrogens is 1. The van der Waals surface area contributed by atoms with E-state index in [0.717, 1.165) is 75.7 Å². The maximum absolute atomic E-state index is 12.3. The van der Waals surface area contributed by atoms with Crippen molar-refractivity contribution in [1.29, 1.82) is 0 Å². The second-order valence-electron chi connectivity index (χ2n) is 8.29. The fourth-order valence-electron chi connectivity index (χ4n) is 4.65. The van der Waals surface area contributed by atoms with Crippen LogP contribution in [0.2, 0.25) is 0 Å². The molecule has 2 aliphatic carbocycles. The molecule has 148 valence electrons. The van der Waals surface area contributed by atoms with E-state index in [1.165, 1.54) is 12.8 Å². The highest BCUT2D eigenvalue weighted by Gasteiger charge is 2.24. The number of carbonyl (C=O) groups is 1. The minimum atomic E-state index is 0.0169. The Hall–Kier alpha value is -1.89. The smallest absolute Gasteiger partial charge is 0.255 e. The molecule has 0 atom stereocenters. The molecular formula is C20H31N5O2. The van der Waals surface area contributed by atoms with Crippen LogP contribution in [-0.4, -0.2) is 52.5 Å². The van der Waals surface area contributed by atoms with Gasteiger partial charge in [-0.2, -0.15) is 0 Å². The Morgan fingerprint density at radius 2 is 1.78 bits per heavy atom. The number of nitrogens with one attached hydrogen (secondary N) is 3. The van der Waals surface area contributed by atoms with Gasteiger partial charge in [-0.1, -0.05) is 12.8 Å². The number of carbonyl (C=O) groups excluding carboxylic acids is 1. The molecule has 2 fully saturated rings. The van der Waals surface area contributed by atoms with Crippen molar-refractivity contribution in [1.82, 2.24) is 20.2 Å². The molecule has 3 aliphatic rings. The molecule has 1 saturated carbocycles. The number of piperidine rings is 1. The summed E-state index contributed by atoms with van der Waals surface area (Å²) in [7, 11) is 0. The number of aromatic amines is 1. The quantitative estimate of drug-likeness (QED) is 0.729. The van der Waals surface area contributed by atoms with E-state index in [1.807, 2.05) is 0 Å². The fraction of sp³-hybridized carbons (Fsp3) is 0.750. The number of amides is 1. The Morgan fingerprint density at radius 3 is 2.56 bits per heavy atom. The number of aryl methyl sites for hydroxylation is 1. The molecule has 1 saturated heterocycles. The second-order valence-corrected chi connectivity index (χ2v) is 8.29. The van der Waals surface area contributed by atoms with Gasteiger partial charge in [0.05, 0.1) is 12.2 Å². The van der Waals surface area contributed by atoms with Crippen molar-refractivity contribution in [2.24, 2.45) is 0 Å². The van der Waals surface area contributed by atoms with Gasteiger partial charge in [0.15, 0.2) is 0 Å². The third-order valence-corrected chi connectivity index (χ3v) is 6.21. The van der Waals surface area contributed by atoms with Crippen molar-refractivity contribution in [3.63, 3.8) is 0 Å². The third kappa shape index (κ3) is 4.69. The highest BCUT2D eigenvalue weighted by Crippen LogP contribution is 2.19. The van der Waals surface area contributed by atoms with E-state index in [0.29, 0.717) is 24.6 Å². The Balaban J connectivity index is 1.25. The number of hydrogen-bond acceptors (Lipinski definition) is 5. The number of rotatable bonds is 5. The zero-order valence-electron chi connectivity index (χ0n) is 16.1. The molecule has 3 N–H and O–H groups in total. The first-order chi connectivity index (χ1) is 13.2. The van der Waals surface area contributed by atoms with Crippen LogP contribution >= 0.6 is 0 Å². The van der Waals surface area contributed by atoms with Gasteiger partial charge in [0.1, 0.15) is 0 Å². The highest BCUT2D eigenvalue weighted by atomic mass is 16.2. The lowest BCUT2D eigenvalue weighted by Gasteiger charge is -2.32. The topological polar surface area (TPSA) is 90.1 Å². The van der Waals surface area contributed by atoms with Crippen molar-refractivity contribution < 1.29 is 4.79 Å². The van der Waals surface area contributed by atoms with Gasteiger partial charge in [0, 0.05) is 30.7 Å². The van der Waals surface area contributed by atoms with Crippen molar-refractivity contribution >= 4 is 11.9 Å². The Kier molecular flexibility index (Phi) is 5.76. The summed E-state index contributed by atoms with van der Waals surface area (Å²) in [4.78, 5) is 34.2. The maximum Gasteiger partial charge on any atom is 0.255 e. The van der Waals surface area contributed by atoms with Gasteiger partial charge < -0.3 is 10.6 Å². The minimum Gasteiger partial charge on any atom is -0.353 e. The Labute approximate surface area is 160 Å². The summed E-state index contributed by atoms with van der Waals surface area (Å²) in [6.45, 7) is 2.28. The molecule has 27 heavy (non-hydrogen) atoms. The van der Waals surface area contributed by atoms with Crippen LogP contribution in [0.15, 0.2) is 4.79 Å². The van der Waals surface area contributed by atoms with Crippen LogP contribution < -0.4 is 16.2 Å². The van der Waals surface area contributed by atoms with Gasteiger partial charge in [0.25, 0.3) is 5.56 Å². The summed E-state index contributed by atoms with van der Waals surface area (Å²) in [6.07, 6.45) is 10.6. The monoisotopic (exact) mass is 373 g/mol. The molecule has 1 amide bonds. The molecule has 2 heterocycles. The van der Waals surface area contributed by atoms with Gasteiger partial charge in [-0.25, -0.2) is 4.98 Å². The van der Waals surface area contributed by atoms with Crippen molar-refractivity contribution in [3.8, 4) is 0 Å². The van der Waals surface area contributed by atoms with E-state index in [2.05, 4.69) is 25.5 Å². The highest BCUT2D eigenvalue weighted by molar-refractivity contribution is 5.78. The molecule has 0 bridgehead atoms. The molecule has 0 radical (unpaired) electrons. The Bertz CT molecular complexity index is 718. The summed E-state index contributed by atoms with van der Waals surface area (Å²) in [5.74, 6) is 0.770. The summed E-state index contributed by atoms with van der Waals surface area (Å²) < 4.78 is 0. The normalized spacial score (nSPS) is 21.8. The standard InChI is InChI=1S/C20H31N5O2/c26-18(21-14-5-1-2-6-14)13-25-11-9-15(10-12-25)22-20-23-17-8-4-3-7-16(17)19(27)24-20/h14-15H,1-13H2,(H,21,26)(H2,22,23,24,27). The summed E-state index contributed by atoms with van der Waals surface area (Å²) >= 11 is 0. The summed E-state index contributed by atoms with van der Waals surface area (Å²) in [6, 6.07) is 0.688. The fourth-order valence-corrected chi connectivity index (χ4v) is 4.65. The van der Waals surface area contributed by atoms with Gasteiger partial charge in [0.2, 0.25) is 11.9 Å². The Morgan fingerprint density at radius 1 is 1.04 bits per heavy atom. The van der Waals surface area contributed by atoms with Crippen molar-refractivity contribution in [2.75, 3.05) is 25.0 Å². The molecule has 4 rings (SSSR count). The van der Waals surface area contributed by atoms with Gasteiger partial charge in [-0.15, -0.1) is 0 Å². The molecule has 0 spiro atoms. The first kappa shape index (κ1) is 18.5. The van der Waals surface area contributed by atoms with E-state index in [1.54, 1.807) is 0 Å². The van der Waals surface area contributed by atoms with E-state index in [-0.39, 0.29) is 11.5 Å². The molecular weight excluding hydrogens is 342 g/mol. The zero-order chi connectivity index (χ0) is 18.6. The second kappa shape index (κ2) is 8.42. The van der Waals surface area contributed by atoms with Crippen LogP contribution in [0, 0.1) is 0 Å². The number of fused-ring (bicyclic) bond motifs is 1. The van der Waals surface area contributed by atoms with Crippen LogP contribution in [0.4, 0.5) is 5.95 Å². The largest absolute Gasteiger partial charge is 0.353 e. The predicted octanol–water partition coefficient (Wildman–Crippen LogP) is 1.58. The molecule has 7 nitrogen and oxygen atoms in total. The van der Waals surface area contributed by atoms with E-state index < -0.39 is 0 Å². The number of hydrogen-bond donors (Lipinski definition) is 3. The first-order valence-corrected chi connectivity index (χ1v) is 10.6. The van der Waals surface area contributed by atoms with Gasteiger partial charge in [-0.05, 0) is 51.4 Å². The van der Waals surface area contributed by atoms with Gasteiger partial charge >= 0.3 is 0 Å².